The van der Waals surface area contributed by atoms with Crippen LogP contribution in [0.3, 0.4) is 0 Å². The summed E-state index contributed by atoms with van der Waals surface area (Å²) in [5, 5.41) is 8.31. The summed E-state index contributed by atoms with van der Waals surface area (Å²) in [6.07, 6.45) is 6.42. The van der Waals surface area contributed by atoms with Crippen molar-refractivity contribution in [3.8, 4) is 0 Å². The third-order valence-corrected chi connectivity index (χ3v) is 3.67. The van der Waals surface area contributed by atoms with E-state index in [1.54, 1.807) is 0 Å². The van der Waals surface area contributed by atoms with Gasteiger partial charge >= 0.3 is 0 Å². The van der Waals surface area contributed by atoms with Gasteiger partial charge in [-0.15, -0.1) is 5.10 Å². The molecule has 2 unspecified atom stereocenters. The largest absolute Gasteiger partial charge is 0.382 e. The maximum atomic E-state index is 5.77. The summed E-state index contributed by atoms with van der Waals surface area (Å²) in [6.45, 7) is 2.27. The van der Waals surface area contributed by atoms with Crippen molar-refractivity contribution < 1.29 is 0 Å². The maximum absolute atomic E-state index is 5.77. The van der Waals surface area contributed by atoms with Crippen LogP contribution < -0.4 is 5.73 Å². The Morgan fingerprint density at radius 3 is 2.94 bits per heavy atom. The summed E-state index contributed by atoms with van der Waals surface area (Å²) in [5.41, 5.74) is 7.14. The molecular formula is C11H16N6. The molecular weight excluding hydrogens is 216 g/mol. The Kier molecular flexibility index (Phi) is 2.42. The Balaban J connectivity index is 2.08. The molecule has 6 heteroatoms. The molecule has 0 amide bonds. The topological polar surface area (TPSA) is 82.5 Å². The van der Waals surface area contributed by atoms with Crippen molar-refractivity contribution in [2.24, 2.45) is 5.92 Å². The number of fused-ring (bicyclic) bond motifs is 1. The summed E-state index contributed by atoms with van der Waals surface area (Å²) >= 11 is 0. The van der Waals surface area contributed by atoms with Gasteiger partial charge in [-0.2, -0.15) is 0 Å². The molecule has 6 nitrogen and oxygen atoms in total. The van der Waals surface area contributed by atoms with Gasteiger partial charge in [0.15, 0.2) is 17.0 Å². The van der Waals surface area contributed by atoms with Gasteiger partial charge in [0.1, 0.15) is 6.33 Å². The first-order chi connectivity index (χ1) is 8.27. The van der Waals surface area contributed by atoms with Gasteiger partial charge in [0.05, 0.1) is 6.04 Å². The van der Waals surface area contributed by atoms with Crippen molar-refractivity contribution in [1.82, 2.24) is 25.0 Å². The number of hydrogen-bond acceptors (Lipinski definition) is 5. The van der Waals surface area contributed by atoms with Gasteiger partial charge in [-0.3, -0.25) is 0 Å². The molecule has 2 aromatic rings. The minimum atomic E-state index is 0.392. The molecule has 0 bridgehead atoms. The molecule has 0 spiro atoms. The first kappa shape index (κ1) is 10.4. The van der Waals surface area contributed by atoms with E-state index >= 15 is 0 Å². The molecule has 1 fully saturated rings. The van der Waals surface area contributed by atoms with Gasteiger partial charge in [-0.1, -0.05) is 25.0 Å². The summed E-state index contributed by atoms with van der Waals surface area (Å²) in [4.78, 5) is 8.19. The predicted octanol–water partition coefficient (Wildman–Crippen LogP) is 1.55. The van der Waals surface area contributed by atoms with Crippen molar-refractivity contribution >= 4 is 17.0 Å². The quantitative estimate of drug-likeness (QED) is 0.806. The second-order valence-corrected chi connectivity index (χ2v) is 4.79. The highest BCUT2D eigenvalue weighted by Crippen LogP contribution is 2.34. The summed E-state index contributed by atoms with van der Waals surface area (Å²) in [5.74, 6) is 1.02. The molecule has 0 aromatic carbocycles. The Hall–Kier alpha value is -1.72. The van der Waals surface area contributed by atoms with Gasteiger partial charge in [-0.25, -0.2) is 14.6 Å². The zero-order valence-corrected chi connectivity index (χ0v) is 9.87. The number of nitrogens with zero attached hydrogens (tertiary/aromatic N) is 5. The van der Waals surface area contributed by atoms with Crippen molar-refractivity contribution in [3.63, 3.8) is 0 Å². The van der Waals surface area contributed by atoms with Crippen LogP contribution in [0.2, 0.25) is 0 Å². The van der Waals surface area contributed by atoms with Crippen molar-refractivity contribution in [2.45, 2.75) is 38.6 Å². The molecule has 2 heterocycles. The molecule has 1 aliphatic carbocycles. The van der Waals surface area contributed by atoms with E-state index in [9.17, 15) is 0 Å². The fourth-order valence-corrected chi connectivity index (χ4v) is 2.66. The third-order valence-electron chi connectivity index (χ3n) is 3.67. The van der Waals surface area contributed by atoms with Crippen LogP contribution in [0.5, 0.6) is 0 Å². The normalized spacial score (nSPS) is 25.2. The summed E-state index contributed by atoms with van der Waals surface area (Å²) in [7, 11) is 0. The van der Waals surface area contributed by atoms with Gasteiger partial charge in [0.25, 0.3) is 0 Å². The maximum Gasteiger partial charge on any atom is 0.184 e. The zero-order chi connectivity index (χ0) is 11.8. The number of hydrogen-bond donors (Lipinski definition) is 1. The van der Waals surface area contributed by atoms with Crippen LogP contribution in [-0.4, -0.2) is 25.0 Å². The monoisotopic (exact) mass is 232 g/mol. The number of rotatable bonds is 1. The standard InChI is InChI=1S/C11H16N6/c1-7-4-2-3-5-8(7)17-11-9(15-16-17)10(12)13-6-14-11/h6-8H,2-5H2,1H3,(H2,12,13,14). The van der Waals surface area contributed by atoms with E-state index in [0.717, 1.165) is 12.1 Å². The molecule has 0 radical (unpaired) electrons. The summed E-state index contributed by atoms with van der Waals surface area (Å²) in [6, 6.07) is 0.392. The minimum Gasteiger partial charge on any atom is -0.382 e. The van der Waals surface area contributed by atoms with Crippen molar-refractivity contribution in [1.29, 1.82) is 0 Å². The van der Waals surface area contributed by atoms with E-state index in [1.165, 1.54) is 25.6 Å². The Labute approximate surface area is 99.2 Å². The van der Waals surface area contributed by atoms with Gasteiger partial charge in [-0.05, 0) is 18.8 Å². The average Bonchev–Trinajstić information content (AvgIpc) is 2.75. The Bertz CT molecular complexity index is 534. The average molecular weight is 232 g/mol. The highest BCUT2D eigenvalue weighted by molar-refractivity contribution is 5.80. The SMILES string of the molecule is CC1CCCCC1n1nnc2c(N)ncnc21. The van der Waals surface area contributed by atoms with Crippen LogP contribution in [0.15, 0.2) is 6.33 Å². The van der Waals surface area contributed by atoms with Crippen LogP contribution in [0.25, 0.3) is 11.2 Å². The number of aromatic nitrogens is 5. The third kappa shape index (κ3) is 1.64. The van der Waals surface area contributed by atoms with Crippen LogP contribution in [0, 0.1) is 5.92 Å². The smallest absolute Gasteiger partial charge is 0.184 e. The molecule has 3 rings (SSSR count). The second kappa shape index (κ2) is 3.94. The fourth-order valence-electron chi connectivity index (χ4n) is 2.66. The van der Waals surface area contributed by atoms with Crippen molar-refractivity contribution in [3.05, 3.63) is 6.33 Å². The molecule has 17 heavy (non-hydrogen) atoms. The highest BCUT2D eigenvalue weighted by atomic mass is 15.5. The van der Waals surface area contributed by atoms with Crippen LogP contribution in [0.1, 0.15) is 38.6 Å². The van der Waals surface area contributed by atoms with E-state index in [0.29, 0.717) is 23.3 Å². The molecule has 2 aromatic heterocycles. The first-order valence-corrected chi connectivity index (χ1v) is 6.08. The second-order valence-electron chi connectivity index (χ2n) is 4.79. The lowest BCUT2D eigenvalue weighted by molar-refractivity contribution is 0.241. The number of nitrogens with two attached hydrogens (primary N) is 1. The van der Waals surface area contributed by atoms with Gasteiger partial charge < -0.3 is 5.73 Å². The molecule has 0 aliphatic heterocycles. The lowest BCUT2D eigenvalue weighted by atomic mass is 9.86. The van der Waals surface area contributed by atoms with E-state index in [4.69, 9.17) is 5.73 Å². The Morgan fingerprint density at radius 1 is 1.29 bits per heavy atom. The van der Waals surface area contributed by atoms with E-state index in [1.807, 2.05) is 4.68 Å². The lowest BCUT2D eigenvalue weighted by Crippen LogP contribution is -2.22. The minimum absolute atomic E-state index is 0.392. The van der Waals surface area contributed by atoms with E-state index < -0.39 is 0 Å². The molecule has 0 saturated heterocycles. The van der Waals surface area contributed by atoms with Crippen LogP contribution in [0.4, 0.5) is 5.82 Å². The molecule has 90 valence electrons. The predicted molar refractivity (Wildman–Crippen MR) is 64.2 cm³/mol. The van der Waals surface area contributed by atoms with E-state index in [2.05, 4.69) is 27.2 Å². The van der Waals surface area contributed by atoms with Crippen LogP contribution in [-0.2, 0) is 0 Å². The molecule has 1 aliphatic rings. The lowest BCUT2D eigenvalue weighted by Gasteiger charge is -2.28. The summed E-state index contributed by atoms with van der Waals surface area (Å²) < 4.78 is 1.93. The number of nitrogen functional groups attached to an aromatic ring is 1. The van der Waals surface area contributed by atoms with Gasteiger partial charge in [0, 0.05) is 0 Å². The van der Waals surface area contributed by atoms with Crippen LogP contribution >= 0.6 is 0 Å². The van der Waals surface area contributed by atoms with Crippen molar-refractivity contribution in [2.75, 3.05) is 5.73 Å². The van der Waals surface area contributed by atoms with E-state index in [-0.39, 0.29) is 0 Å². The number of anilines is 1. The molecule has 1 saturated carbocycles. The molecule has 2 atom stereocenters. The zero-order valence-electron chi connectivity index (χ0n) is 9.87. The first-order valence-electron chi connectivity index (χ1n) is 6.08. The van der Waals surface area contributed by atoms with Gasteiger partial charge in [0.2, 0.25) is 0 Å². The fraction of sp³-hybridized carbons (Fsp3) is 0.636. The molecule has 2 N–H and O–H groups in total. The highest BCUT2D eigenvalue weighted by Gasteiger charge is 2.26. The Morgan fingerprint density at radius 2 is 2.12 bits per heavy atom.